The number of aryl methyl sites for hydroxylation is 1. The molecular formula is C11H10N4. The second kappa shape index (κ2) is 3.46. The molecule has 0 spiro atoms. The number of imidazole rings is 1. The van der Waals surface area contributed by atoms with Crippen molar-refractivity contribution in [2.45, 2.75) is 6.92 Å². The fourth-order valence-corrected chi connectivity index (χ4v) is 1.46. The van der Waals surface area contributed by atoms with Crippen LogP contribution < -0.4 is 5.73 Å². The molecular weight excluding hydrogens is 188 g/mol. The van der Waals surface area contributed by atoms with Crippen molar-refractivity contribution < 1.29 is 0 Å². The SMILES string of the molecule is Cc1cccc(-n2ccnc2C#N)c1N. The molecule has 1 aromatic carbocycles. The second-order valence-electron chi connectivity index (χ2n) is 3.24. The number of para-hydroxylation sites is 1. The van der Waals surface area contributed by atoms with Crippen LogP contribution in [0, 0.1) is 18.3 Å². The van der Waals surface area contributed by atoms with Crippen LogP contribution >= 0.6 is 0 Å². The van der Waals surface area contributed by atoms with Crippen molar-refractivity contribution in [3.63, 3.8) is 0 Å². The minimum absolute atomic E-state index is 0.340. The average Bonchev–Trinajstić information content (AvgIpc) is 2.70. The smallest absolute Gasteiger partial charge is 0.217 e. The van der Waals surface area contributed by atoms with Gasteiger partial charge in [-0.1, -0.05) is 12.1 Å². The Kier molecular flexibility index (Phi) is 2.14. The number of hydrogen-bond donors (Lipinski definition) is 1. The van der Waals surface area contributed by atoms with E-state index in [0.717, 1.165) is 11.3 Å². The van der Waals surface area contributed by atoms with E-state index in [2.05, 4.69) is 4.98 Å². The maximum atomic E-state index is 8.85. The minimum atomic E-state index is 0.340. The van der Waals surface area contributed by atoms with Crippen LogP contribution in [0.25, 0.3) is 5.69 Å². The third-order valence-electron chi connectivity index (χ3n) is 2.30. The average molecular weight is 198 g/mol. The van der Waals surface area contributed by atoms with Crippen molar-refractivity contribution in [2.75, 3.05) is 5.73 Å². The molecule has 0 saturated carbocycles. The van der Waals surface area contributed by atoms with Crippen LogP contribution in [0.5, 0.6) is 0 Å². The summed E-state index contributed by atoms with van der Waals surface area (Å²) in [6.07, 6.45) is 3.31. The van der Waals surface area contributed by atoms with Crippen molar-refractivity contribution in [2.24, 2.45) is 0 Å². The van der Waals surface area contributed by atoms with Gasteiger partial charge in [-0.05, 0) is 18.6 Å². The fraction of sp³-hybridized carbons (Fsp3) is 0.0909. The van der Waals surface area contributed by atoms with E-state index in [1.54, 1.807) is 17.0 Å². The van der Waals surface area contributed by atoms with Crippen LogP contribution in [-0.4, -0.2) is 9.55 Å². The number of hydrogen-bond acceptors (Lipinski definition) is 3. The van der Waals surface area contributed by atoms with Gasteiger partial charge in [-0.25, -0.2) is 4.98 Å². The molecule has 0 aliphatic carbocycles. The highest BCUT2D eigenvalue weighted by Gasteiger charge is 2.07. The molecule has 0 bridgehead atoms. The molecule has 0 aliphatic heterocycles. The lowest BCUT2D eigenvalue weighted by atomic mass is 10.1. The predicted octanol–water partition coefficient (Wildman–Crippen LogP) is 1.63. The van der Waals surface area contributed by atoms with Gasteiger partial charge in [-0.3, -0.25) is 4.57 Å². The normalized spacial score (nSPS) is 9.87. The zero-order valence-corrected chi connectivity index (χ0v) is 8.31. The molecule has 0 saturated heterocycles. The Labute approximate surface area is 87.6 Å². The molecule has 0 unspecified atom stereocenters. The van der Waals surface area contributed by atoms with Gasteiger partial charge in [0, 0.05) is 12.4 Å². The lowest BCUT2D eigenvalue weighted by molar-refractivity contribution is 1.02. The molecule has 15 heavy (non-hydrogen) atoms. The van der Waals surface area contributed by atoms with Crippen molar-refractivity contribution in [3.05, 3.63) is 42.0 Å². The molecule has 4 heteroatoms. The van der Waals surface area contributed by atoms with Crippen LogP contribution in [0.1, 0.15) is 11.4 Å². The highest BCUT2D eigenvalue weighted by Crippen LogP contribution is 2.21. The van der Waals surface area contributed by atoms with Crippen molar-refractivity contribution in [3.8, 4) is 11.8 Å². The molecule has 2 aromatic rings. The molecule has 0 aliphatic rings. The highest BCUT2D eigenvalue weighted by atomic mass is 15.1. The van der Waals surface area contributed by atoms with Crippen molar-refractivity contribution in [1.82, 2.24) is 9.55 Å². The third kappa shape index (κ3) is 1.44. The zero-order valence-electron chi connectivity index (χ0n) is 8.31. The largest absolute Gasteiger partial charge is 0.397 e. The van der Waals surface area contributed by atoms with E-state index >= 15 is 0 Å². The van der Waals surface area contributed by atoms with E-state index < -0.39 is 0 Å². The molecule has 1 aromatic heterocycles. The van der Waals surface area contributed by atoms with E-state index in [1.807, 2.05) is 31.2 Å². The van der Waals surface area contributed by atoms with Gasteiger partial charge in [-0.2, -0.15) is 5.26 Å². The first-order chi connectivity index (χ1) is 7.24. The zero-order chi connectivity index (χ0) is 10.8. The minimum Gasteiger partial charge on any atom is -0.397 e. The van der Waals surface area contributed by atoms with E-state index in [9.17, 15) is 0 Å². The Bertz CT molecular complexity index is 534. The Morgan fingerprint density at radius 3 is 3.00 bits per heavy atom. The number of rotatable bonds is 1. The Morgan fingerprint density at radius 1 is 1.47 bits per heavy atom. The van der Waals surface area contributed by atoms with Crippen LogP contribution in [0.4, 0.5) is 5.69 Å². The molecule has 0 atom stereocenters. The topological polar surface area (TPSA) is 67.6 Å². The Balaban J connectivity index is 2.65. The van der Waals surface area contributed by atoms with Crippen LogP contribution in [0.15, 0.2) is 30.6 Å². The van der Waals surface area contributed by atoms with Crippen molar-refractivity contribution in [1.29, 1.82) is 5.26 Å². The molecule has 2 rings (SSSR count). The number of benzene rings is 1. The van der Waals surface area contributed by atoms with E-state index in [-0.39, 0.29) is 0 Å². The summed E-state index contributed by atoms with van der Waals surface area (Å²) >= 11 is 0. The van der Waals surface area contributed by atoms with Gasteiger partial charge in [0.25, 0.3) is 0 Å². The Hall–Kier alpha value is -2.28. The van der Waals surface area contributed by atoms with E-state index in [0.29, 0.717) is 11.5 Å². The summed E-state index contributed by atoms with van der Waals surface area (Å²) in [6, 6.07) is 7.72. The monoisotopic (exact) mass is 198 g/mol. The summed E-state index contributed by atoms with van der Waals surface area (Å²) in [6.45, 7) is 1.93. The summed E-state index contributed by atoms with van der Waals surface area (Å²) in [5.74, 6) is 0.340. The quantitative estimate of drug-likeness (QED) is 0.708. The van der Waals surface area contributed by atoms with E-state index in [4.69, 9.17) is 11.0 Å². The summed E-state index contributed by atoms with van der Waals surface area (Å²) < 4.78 is 1.68. The summed E-state index contributed by atoms with van der Waals surface area (Å²) in [4.78, 5) is 3.93. The first-order valence-electron chi connectivity index (χ1n) is 4.53. The molecule has 74 valence electrons. The van der Waals surface area contributed by atoms with Crippen LogP contribution in [0.3, 0.4) is 0 Å². The molecule has 4 nitrogen and oxygen atoms in total. The highest BCUT2D eigenvalue weighted by molar-refractivity contribution is 5.63. The summed E-state index contributed by atoms with van der Waals surface area (Å²) in [5, 5.41) is 8.85. The lowest BCUT2D eigenvalue weighted by Gasteiger charge is -2.09. The third-order valence-corrected chi connectivity index (χ3v) is 2.30. The lowest BCUT2D eigenvalue weighted by Crippen LogP contribution is -2.02. The molecule has 2 N–H and O–H groups in total. The first-order valence-corrected chi connectivity index (χ1v) is 4.53. The molecule has 0 amide bonds. The summed E-state index contributed by atoms with van der Waals surface area (Å²) in [5.41, 5.74) is 8.40. The molecule has 0 radical (unpaired) electrons. The van der Waals surface area contributed by atoms with Crippen molar-refractivity contribution >= 4 is 5.69 Å². The van der Waals surface area contributed by atoms with Gasteiger partial charge in [0.15, 0.2) is 0 Å². The molecule has 1 heterocycles. The van der Waals surface area contributed by atoms with Crippen LogP contribution in [-0.2, 0) is 0 Å². The van der Waals surface area contributed by atoms with Crippen LogP contribution in [0.2, 0.25) is 0 Å². The van der Waals surface area contributed by atoms with Gasteiger partial charge in [0.05, 0.1) is 11.4 Å². The van der Waals surface area contributed by atoms with Gasteiger partial charge in [-0.15, -0.1) is 0 Å². The number of nitriles is 1. The number of anilines is 1. The first kappa shape index (κ1) is 9.28. The maximum absolute atomic E-state index is 8.85. The second-order valence-corrected chi connectivity index (χ2v) is 3.24. The maximum Gasteiger partial charge on any atom is 0.217 e. The standard InChI is InChI=1S/C11H10N4/c1-8-3-2-4-9(11(8)13)15-6-5-14-10(15)7-12/h2-6H,13H2,1H3. The number of nitrogens with zero attached hydrogens (tertiary/aromatic N) is 3. The molecule has 0 fully saturated rings. The number of aromatic nitrogens is 2. The van der Waals surface area contributed by atoms with Gasteiger partial charge >= 0.3 is 0 Å². The summed E-state index contributed by atoms with van der Waals surface area (Å²) in [7, 11) is 0. The van der Waals surface area contributed by atoms with Gasteiger partial charge in [0.1, 0.15) is 6.07 Å². The van der Waals surface area contributed by atoms with Gasteiger partial charge < -0.3 is 5.73 Å². The fourth-order valence-electron chi connectivity index (χ4n) is 1.46. The van der Waals surface area contributed by atoms with E-state index in [1.165, 1.54) is 0 Å². The predicted molar refractivity (Wildman–Crippen MR) is 57.4 cm³/mol. The van der Waals surface area contributed by atoms with Gasteiger partial charge in [0.2, 0.25) is 5.82 Å². The Morgan fingerprint density at radius 2 is 2.27 bits per heavy atom. The number of nitrogen functional groups attached to an aromatic ring is 1. The number of nitrogens with two attached hydrogens (primary N) is 1.